The van der Waals surface area contributed by atoms with Crippen molar-refractivity contribution in [2.45, 2.75) is 12.0 Å². The van der Waals surface area contributed by atoms with Crippen LogP contribution in [0.3, 0.4) is 0 Å². The van der Waals surface area contributed by atoms with E-state index in [1.54, 1.807) is 0 Å². The fourth-order valence-electron chi connectivity index (χ4n) is 2.49. The standard InChI is InChI=1S/C16H16FNO3S/c17-15-8-6-13(7-9-15)12-22(19,20)18-10-11-21-16(18)14-4-2-1-3-5-14/h1-9,16H,10-12H2. The zero-order chi connectivity index (χ0) is 15.6. The molecule has 1 fully saturated rings. The van der Waals surface area contributed by atoms with Crippen molar-refractivity contribution in [3.63, 3.8) is 0 Å². The second kappa shape index (κ2) is 6.16. The first-order valence-corrected chi connectivity index (χ1v) is 8.58. The molecule has 0 spiro atoms. The number of hydrogen-bond donors (Lipinski definition) is 0. The summed E-state index contributed by atoms with van der Waals surface area (Å²) in [6.45, 7) is 0.686. The summed E-state index contributed by atoms with van der Waals surface area (Å²) in [6.07, 6.45) is -0.591. The minimum atomic E-state index is -3.54. The van der Waals surface area contributed by atoms with Crippen molar-refractivity contribution in [3.05, 3.63) is 71.5 Å². The zero-order valence-electron chi connectivity index (χ0n) is 11.9. The van der Waals surface area contributed by atoms with Crippen LogP contribution in [-0.2, 0) is 20.5 Å². The monoisotopic (exact) mass is 321 g/mol. The Hall–Kier alpha value is -1.76. The Balaban J connectivity index is 1.83. The lowest BCUT2D eigenvalue weighted by molar-refractivity contribution is 0.0682. The number of halogens is 1. The molecule has 1 aliphatic heterocycles. The van der Waals surface area contributed by atoms with E-state index in [-0.39, 0.29) is 11.6 Å². The Bertz CT molecular complexity index is 732. The summed E-state index contributed by atoms with van der Waals surface area (Å²) >= 11 is 0. The second-order valence-corrected chi connectivity index (χ2v) is 7.05. The molecular weight excluding hydrogens is 305 g/mol. The molecule has 0 bridgehead atoms. The lowest BCUT2D eigenvalue weighted by Crippen LogP contribution is -2.32. The van der Waals surface area contributed by atoms with Gasteiger partial charge in [-0.2, -0.15) is 4.31 Å². The van der Waals surface area contributed by atoms with Gasteiger partial charge in [0.15, 0.2) is 0 Å². The van der Waals surface area contributed by atoms with Gasteiger partial charge in [-0.1, -0.05) is 42.5 Å². The first-order valence-electron chi connectivity index (χ1n) is 6.97. The van der Waals surface area contributed by atoms with Crippen LogP contribution in [0.15, 0.2) is 54.6 Å². The van der Waals surface area contributed by atoms with Gasteiger partial charge in [0.25, 0.3) is 0 Å². The largest absolute Gasteiger partial charge is 0.356 e. The first kappa shape index (κ1) is 15.1. The molecule has 4 nitrogen and oxygen atoms in total. The molecule has 1 unspecified atom stereocenters. The minimum Gasteiger partial charge on any atom is -0.356 e. The predicted octanol–water partition coefficient (Wildman–Crippen LogP) is 2.69. The maximum atomic E-state index is 12.9. The van der Waals surface area contributed by atoms with Gasteiger partial charge in [0.05, 0.1) is 12.4 Å². The lowest BCUT2D eigenvalue weighted by atomic mass is 10.2. The molecule has 0 aromatic heterocycles. The fraction of sp³-hybridized carbons (Fsp3) is 0.250. The third-order valence-electron chi connectivity index (χ3n) is 3.55. The van der Waals surface area contributed by atoms with Crippen LogP contribution in [0.5, 0.6) is 0 Å². The van der Waals surface area contributed by atoms with E-state index < -0.39 is 16.3 Å². The molecule has 1 heterocycles. The van der Waals surface area contributed by atoms with Crippen molar-refractivity contribution in [2.75, 3.05) is 13.2 Å². The SMILES string of the molecule is O=S(=O)(Cc1ccc(F)cc1)N1CCOC1c1ccccc1. The van der Waals surface area contributed by atoms with Gasteiger partial charge in [0.1, 0.15) is 12.0 Å². The van der Waals surface area contributed by atoms with Gasteiger partial charge in [-0.25, -0.2) is 12.8 Å². The van der Waals surface area contributed by atoms with Crippen LogP contribution >= 0.6 is 0 Å². The van der Waals surface area contributed by atoms with E-state index in [0.717, 1.165) is 5.56 Å². The number of benzene rings is 2. The number of nitrogens with zero attached hydrogens (tertiary/aromatic N) is 1. The van der Waals surface area contributed by atoms with Crippen molar-refractivity contribution in [1.82, 2.24) is 4.31 Å². The zero-order valence-corrected chi connectivity index (χ0v) is 12.7. The Morgan fingerprint density at radius 2 is 1.77 bits per heavy atom. The Labute approximate surface area is 129 Å². The fourth-order valence-corrected chi connectivity index (χ4v) is 4.10. The summed E-state index contributed by atoms with van der Waals surface area (Å²) in [5.41, 5.74) is 1.36. The molecule has 116 valence electrons. The highest BCUT2D eigenvalue weighted by Crippen LogP contribution is 2.30. The molecule has 0 amide bonds. The molecule has 0 saturated carbocycles. The van der Waals surface area contributed by atoms with Gasteiger partial charge in [-0.3, -0.25) is 0 Å². The summed E-state index contributed by atoms with van der Waals surface area (Å²) in [7, 11) is -3.54. The summed E-state index contributed by atoms with van der Waals surface area (Å²) in [5, 5.41) is 0. The van der Waals surface area contributed by atoms with Gasteiger partial charge >= 0.3 is 0 Å². The molecule has 2 aromatic rings. The van der Waals surface area contributed by atoms with E-state index >= 15 is 0 Å². The van der Waals surface area contributed by atoms with Crippen LogP contribution < -0.4 is 0 Å². The van der Waals surface area contributed by atoms with Crippen LogP contribution in [-0.4, -0.2) is 25.9 Å². The topological polar surface area (TPSA) is 46.6 Å². The van der Waals surface area contributed by atoms with Gasteiger partial charge in [-0.05, 0) is 23.3 Å². The van der Waals surface area contributed by atoms with Crippen LogP contribution in [0.4, 0.5) is 4.39 Å². The Morgan fingerprint density at radius 3 is 2.45 bits per heavy atom. The van der Waals surface area contributed by atoms with E-state index in [0.29, 0.717) is 18.7 Å². The smallest absolute Gasteiger partial charge is 0.220 e. The maximum Gasteiger partial charge on any atom is 0.220 e. The highest BCUT2D eigenvalue weighted by atomic mass is 32.2. The van der Waals surface area contributed by atoms with E-state index in [1.165, 1.54) is 28.6 Å². The van der Waals surface area contributed by atoms with E-state index in [1.807, 2.05) is 30.3 Å². The number of hydrogen-bond acceptors (Lipinski definition) is 3. The van der Waals surface area contributed by atoms with Gasteiger partial charge in [-0.15, -0.1) is 0 Å². The highest BCUT2D eigenvalue weighted by molar-refractivity contribution is 7.88. The molecule has 3 rings (SSSR count). The number of sulfonamides is 1. The van der Waals surface area contributed by atoms with Crippen LogP contribution in [0.25, 0.3) is 0 Å². The average molecular weight is 321 g/mol. The molecule has 1 saturated heterocycles. The first-order chi connectivity index (χ1) is 10.6. The Morgan fingerprint density at radius 1 is 1.09 bits per heavy atom. The van der Waals surface area contributed by atoms with E-state index in [4.69, 9.17) is 4.74 Å². The van der Waals surface area contributed by atoms with Gasteiger partial charge < -0.3 is 4.74 Å². The molecular formula is C16H16FNO3S. The quantitative estimate of drug-likeness (QED) is 0.870. The van der Waals surface area contributed by atoms with E-state index in [9.17, 15) is 12.8 Å². The maximum absolute atomic E-state index is 12.9. The second-order valence-electron chi connectivity index (χ2n) is 5.13. The number of rotatable bonds is 4. The molecule has 22 heavy (non-hydrogen) atoms. The highest BCUT2D eigenvalue weighted by Gasteiger charge is 2.36. The van der Waals surface area contributed by atoms with E-state index in [2.05, 4.69) is 0 Å². The molecule has 1 aliphatic rings. The third kappa shape index (κ3) is 3.19. The third-order valence-corrected chi connectivity index (χ3v) is 5.34. The van der Waals surface area contributed by atoms with Crippen molar-refractivity contribution in [2.24, 2.45) is 0 Å². The van der Waals surface area contributed by atoms with Gasteiger partial charge in [0.2, 0.25) is 10.0 Å². The summed E-state index contributed by atoms with van der Waals surface area (Å²) in [4.78, 5) is 0. The molecule has 2 aromatic carbocycles. The molecule has 1 atom stereocenters. The van der Waals surface area contributed by atoms with Crippen LogP contribution in [0, 0.1) is 5.82 Å². The number of ether oxygens (including phenoxy) is 1. The normalized spacial score (nSPS) is 19.4. The molecule has 0 radical (unpaired) electrons. The van der Waals surface area contributed by atoms with Crippen molar-refractivity contribution in [1.29, 1.82) is 0 Å². The molecule has 0 N–H and O–H groups in total. The van der Waals surface area contributed by atoms with Crippen molar-refractivity contribution in [3.8, 4) is 0 Å². The van der Waals surface area contributed by atoms with Crippen molar-refractivity contribution >= 4 is 10.0 Å². The lowest BCUT2D eigenvalue weighted by Gasteiger charge is -2.23. The summed E-state index contributed by atoms with van der Waals surface area (Å²) in [5.74, 6) is -0.548. The molecule has 6 heteroatoms. The van der Waals surface area contributed by atoms with Crippen LogP contribution in [0.1, 0.15) is 17.4 Å². The van der Waals surface area contributed by atoms with Crippen LogP contribution in [0.2, 0.25) is 0 Å². The average Bonchev–Trinajstić information content (AvgIpc) is 3.01. The summed E-state index contributed by atoms with van der Waals surface area (Å²) in [6, 6.07) is 14.8. The predicted molar refractivity (Wildman–Crippen MR) is 80.9 cm³/mol. The summed E-state index contributed by atoms with van der Waals surface area (Å²) < 4.78 is 45.1. The molecule has 0 aliphatic carbocycles. The Kier molecular flexibility index (Phi) is 4.24. The van der Waals surface area contributed by atoms with Gasteiger partial charge in [0, 0.05) is 6.54 Å². The van der Waals surface area contributed by atoms with Crippen molar-refractivity contribution < 1.29 is 17.5 Å². The minimum absolute atomic E-state index is 0.167.